The number of aryl methyl sites for hydroxylation is 1. The molecule has 19 N–H and O–H groups in total. The van der Waals surface area contributed by atoms with Crippen molar-refractivity contribution in [3.63, 3.8) is 0 Å². The molecule has 0 atom stereocenters. The van der Waals surface area contributed by atoms with E-state index in [2.05, 4.69) is 10.3 Å². The normalized spacial score (nSPS) is 9.50. The number of benzene rings is 5. The van der Waals surface area contributed by atoms with Crippen LogP contribution >= 0.6 is 0 Å². The van der Waals surface area contributed by atoms with Crippen LogP contribution in [0, 0.1) is 13.8 Å². The van der Waals surface area contributed by atoms with Crippen molar-refractivity contribution >= 4 is 39.0 Å². The van der Waals surface area contributed by atoms with Crippen molar-refractivity contribution in [2.45, 2.75) is 13.8 Å². The Kier molecular flexibility index (Phi) is 24.5. The minimum absolute atomic E-state index is 0.0347. The molecular weight excluding hydrogens is 805 g/mol. The Labute approximate surface area is 347 Å². The number of rotatable bonds is 4. The molecule has 1 aromatic heterocycles. The zero-order chi connectivity index (χ0) is 45.8. The van der Waals surface area contributed by atoms with Gasteiger partial charge < -0.3 is 73.8 Å². The summed E-state index contributed by atoms with van der Waals surface area (Å²) >= 11 is 0. The number of phenolic OH excluding ortho intramolecular Hbond substituents is 6. The van der Waals surface area contributed by atoms with Gasteiger partial charge in [0.1, 0.15) is 40.2 Å². The second kappa shape index (κ2) is 28.0. The third-order valence-electron chi connectivity index (χ3n) is 6.70. The van der Waals surface area contributed by atoms with Gasteiger partial charge in [0.15, 0.2) is 11.6 Å². The van der Waals surface area contributed by atoms with Crippen molar-refractivity contribution in [2.75, 3.05) is 48.5 Å². The zero-order valence-corrected chi connectivity index (χ0v) is 33.6. The Balaban J connectivity index is 0.000000687. The fourth-order valence-corrected chi connectivity index (χ4v) is 3.71. The number of aromatic nitrogens is 1. The molecule has 6 rings (SSSR count). The highest BCUT2D eigenvalue weighted by atomic mass is 32.3. The van der Waals surface area contributed by atoms with Gasteiger partial charge in [-0.15, -0.1) is 0 Å². The van der Waals surface area contributed by atoms with Gasteiger partial charge in [0.25, 0.3) is 0 Å². The van der Waals surface area contributed by atoms with Crippen molar-refractivity contribution < 1.29 is 63.1 Å². The highest BCUT2D eigenvalue weighted by Crippen LogP contribution is 2.25. The summed E-state index contributed by atoms with van der Waals surface area (Å²) in [5.74, 6) is 1.79. The second-order valence-electron chi connectivity index (χ2n) is 11.5. The Morgan fingerprint density at radius 3 is 1.47 bits per heavy atom. The average molecular weight is 857 g/mol. The maximum Gasteiger partial charge on any atom is 0.394 e. The minimum atomic E-state index is -4.67. The van der Waals surface area contributed by atoms with Gasteiger partial charge in [-0.1, -0.05) is 24.3 Å². The molecule has 326 valence electrons. The van der Waals surface area contributed by atoms with E-state index in [4.69, 9.17) is 86.0 Å². The molecule has 0 saturated heterocycles. The summed E-state index contributed by atoms with van der Waals surface area (Å²) in [4.78, 5) is 3.61. The Morgan fingerprint density at radius 2 is 1.12 bits per heavy atom. The molecule has 0 radical (unpaired) electrons. The second-order valence-corrected chi connectivity index (χ2v) is 12.4. The van der Waals surface area contributed by atoms with Gasteiger partial charge in [-0.2, -0.15) is 8.42 Å². The van der Waals surface area contributed by atoms with Gasteiger partial charge in [-0.25, -0.2) is 4.98 Å². The highest BCUT2D eigenvalue weighted by molar-refractivity contribution is 7.79. The van der Waals surface area contributed by atoms with Gasteiger partial charge in [0.2, 0.25) is 0 Å². The lowest BCUT2D eigenvalue weighted by Gasteiger charge is -2.08. The van der Waals surface area contributed by atoms with Crippen molar-refractivity contribution in [3.8, 4) is 46.0 Å². The lowest BCUT2D eigenvalue weighted by Crippen LogP contribution is -2.05. The SMILES string of the molecule is COc1ccc(NCCO)cc1N.Cc1c(O)cccc1O.Cc1ccc(N)cc1O.Nc1cccc(O)c1.Nc1ncccc1O.O=S(=O)(O)O.Oc1cccc(O)c1. The summed E-state index contributed by atoms with van der Waals surface area (Å²) < 4.78 is 36.6. The minimum Gasteiger partial charge on any atom is -0.508 e. The fraction of sp³-hybridized carbons (Fsp3) is 0.125. The predicted octanol–water partition coefficient (Wildman–Crippen LogP) is 5.16. The Bertz CT molecular complexity index is 2140. The first-order valence-electron chi connectivity index (χ1n) is 17.0. The van der Waals surface area contributed by atoms with E-state index in [0.717, 1.165) is 11.3 Å². The molecule has 0 aliphatic rings. The number of aliphatic hydroxyl groups excluding tert-OH is 1. The predicted molar refractivity (Wildman–Crippen MR) is 232 cm³/mol. The Morgan fingerprint density at radius 1 is 0.617 bits per heavy atom. The number of aliphatic hydroxyl groups is 1. The van der Waals surface area contributed by atoms with E-state index in [1.165, 1.54) is 54.7 Å². The molecule has 5 aromatic carbocycles. The van der Waals surface area contributed by atoms with Gasteiger partial charge in [0.05, 0.1) is 19.4 Å². The van der Waals surface area contributed by atoms with Crippen LogP contribution in [0.4, 0.5) is 28.6 Å². The summed E-state index contributed by atoms with van der Waals surface area (Å²) in [6.07, 6.45) is 1.52. The first-order valence-corrected chi connectivity index (χ1v) is 18.4. The maximum absolute atomic E-state index is 9.02. The summed E-state index contributed by atoms with van der Waals surface area (Å²) in [6, 6.07) is 30.6. The topological polar surface area (TPSA) is 375 Å². The summed E-state index contributed by atoms with van der Waals surface area (Å²) in [6.45, 7) is 4.11. The number of hydrogen-bond acceptors (Lipinski definition) is 17. The van der Waals surface area contributed by atoms with Crippen molar-refractivity contribution in [2.24, 2.45) is 0 Å². The quantitative estimate of drug-likeness (QED) is 0.0804. The fourth-order valence-electron chi connectivity index (χ4n) is 3.71. The number of methoxy groups -OCH3 is 1. The summed E-state index contributed by atoms with van der Waals surface area (Å²) in [7, 11) is -3.09. The number of nitrogens with zero attached hydrogens (tertiary/aromatic N) is 1. The monoisotopic (exact) mass is 856 g/mol. The van der Waals surface area contributed by atoms with E-state index in [1.54, 1.807) is 74.7 Å². The molecule has 6 aromatic rings. The van der Waals surface area contributed by atoms with E-state index < -0.39 is 10.4 Å². The van der Waals surface area contributed by atoms with Gasteiger partial charge in [-0.05, 0) is 92.2 Å². The smallest absolute Gasteiger partial charge is 0.394 e. The first kappa shape index (κ1) is 52.5. The van der Waals surface area contributed by atoms with E-state index in [0.29, 0.717) is 34.9 Å². The van der Waals surface area contributed by atoms with E-state index in [1.807, 2.05) is 13.0 Å². The van der Waals surface area contributed by atoms with E-state index >= 15 is 0 Å². The summed E-state index contributed by atoms with van der Waals surface area (Å²) in [5.41, 5.74) is 25.5. The van der Waals surface area contributed by atoms with Gasteiger partial charge in [-0.3, -0.25) is 9.11 Å². The van der Waals surface area contributed by atoms with Crippen molar-refractivity contribution in [1.82, 2.24) is 4.98 Å². The van der Waals surface area contributed by atoms with Crippen LogP contribution in [0.15, 0.2) is 121 Å². The van der Waals surface area contributed by atoms with E-state index in [-0.39, 0.29) is 52.7 Å². The van der Waals surface area contributed by atoms with Crippen LogP contribution in [-0.2, 0) is 10.4 Å². The van der Waals surface area contributed by atoms with Crippen LogP contribution in [0.3, 0.4) is 0 Å². The number of ether oxygens (including phenoxy) is 1. The van der Waals surface area contributed by atoms with Crippen molar-refractivity contribution in [1.29, 1.82) is 0 Å². The highest BCUT2D eigenvalue weighted by Gasteiger charge is 2.00. The number of aromatic hydroxyl groups is 7. The molecular formula is C40H52N6O13S. The van der Waals surface area contributed by atoms with Crippen LogP contribution in [0.1, 0.15) is 11.1 Å². The molecule has 20 heteroatoms. The number of nitrogens with two attached hydrogens (primary N) is 4. The third kappa shape index (κ3) is 25.6. The van der Waals surface area contributed by atoms with Crippen molar-refractivity contribution in [3.05, 3.63) is 133 Å². The Hall–Kier alpha value is -7.52. The summed E-state index contributed by atoms with van der Waals surface area (Å²) in [5, 5.41) is 73.3. The van der Waals surface area contributed by atoms with Crippen LogP contribution in [0.25, 0.3) is 0 Å². The van der Waals surface area contributed by atoms with Crippen LogP contribution < -0.4 is 33.0 Å². The third-order valence-corrected chi connectivity index (χ3v) is 6.70. The van der Waals surface area contributed by atoms with Gasteiger partial charge >= 0.3 is 10.4 Å². The number of nitrogens with one attached hydrogen (secondary N) is 1. The molecule has 1 heterocycles. The molecule has 0 saturated carbocycles. The lowest BCUT2D eigenvalue weighted by molar-refractivity contribution is 0.311. The molecule has 0 fully saturated rings. The number of anilines is 5. The van der Waals surface area contributed by atoms with Crippen LogP contribution in [0.2, 0.25) is 0 Å². The first-order chi connectivity index (χ1) is 28.1. The largest absolute Gasteiger partial charge is 0.508 e. The number of nitrogen functional groups attached to an aromatic ring is 4. The number of hydrogen-bond donors (Lipinski definition) is 15. The van der Waals surface area contributed by atoms with Gasteiger partial charge in [0, 0.05) is 53.6 Å². The molecule has 0 spiro atoms. The average Bonchev–Trinajstić information content (AvgIpc) is 3.16. The number of phenols is 6. The molecule has 0 bridgehead atoms. The molecule has 0 aliphatic heterocycles. The van der Waals surface area contributed by atoms with Crippen LogP contribution in [0.5, 0.6) is 46.0 Å². The van der Waals surface area contributed by atoms with Crippen LogP contribution in [-0.4, -0.2) is 83.6 Å². The van der Waals surface area contributed by atoms with E-state index in [9.17, 15) is 0 Å². The lowest BCUT2D eigenvalue weighted by atomic mass is 10.2. The molecule has 0 unspecified atom stereocenters. The standard InChI is InChI=1S/C9H14N2O2.C7H9NO.C7H8O2.C6H7NO.C6H6O2.C5H6N2O.H2O4S/c1-13-9-3-2-7(6-8(9)10)11-4-5-12;1-5-2-3-6(8)4-7(5)9;1-5-6(8)3-2-4-7(5)9;2*7-5-2-1-3-6(8)4-5;6-5-4(8)2-1-3-7-5;1-5(2,3)4/h2-3,6,11-12H,4-5,10H2,1H3;2-4,9H,8H2,1H3;2-4,8-9H,1H3;1-4,8H,7H2;1-4,7-8H;1-3,8H,(H2,6,7);(H2,1,2,3,4). The molecule has 0 amide bonds. The zero-order valence-electron chi connectivity index (χ0n) is 32.8. The number of pyridine rings is 1. The molecule has 0 aliphatic carbocycles. The maximum atomic E-state index is 9.02. The molecule has 60 heavy (non-hydrogen) atoms. The molecule has 19 nitrogen and oxygen atoms in total.